The lowest BCUT2D eigenvalue weighted by Gasteiger charge is -2.04. The summed E-state index contributed by atoms with van der Waals surface area (Å²) in [5.41, 5.74) is 3.51. The Balaban J connectivity index is 1.63. The minimum absolute atomic E-state index is 0.0465. The van der Waals surface area contributed by atoms with Crippen LogP contribution in [0.4, 0.5) is 5.82 Å². The molecule has 6 heteroatoms. The van der Waals surface area contributed by atoms with Crippen molar-refractivity contribution in [3.8, 4) is 0 Å². The van der Waals surface area contributed by atoms with Gasteiger partial charge in [0.25, 0.3) is 5.91 Å². The van der Waals surface area contributed by atoms with Crippen LogP contribution in [0.5, 0.6) is 0 Å². The molecule has 0 aliphatic heterocycles. The van der Waals surface area contributed by atoms with Crippen LogP contribution in [-0.2, 0) is 6.54 Å². The standard InChI is InChI=1S/C20H20N4O2/c1-15-4-2-5-16(10-15)12-24-13-19(22-14-24)23-20(26)17-7-8-18(21-11-17)6-3-9-25/h2-8,10-11,13-14,25H,9,12H2,1H3,(H,23,26)/b6-3+. The van der Waals surface area contributed by atoms with E-state index >= 15 is 0 Å². The molecule has 0 saturated carbocycles. The van der Waals surface area contributed by atoms with Crippen molar-refractivity contribution in [2.24, 2.45) is 0 Å². The average Bonchev–Trinajstić information content (AvgIpc) is 3.07. The Kier molecular flexibility index (Phi) is 5.56. The molecular formula is C20H20N4O2. The van der Waals surface area contributed by atoms with Crippen molar-refractivity contribution in [2.75, 3.05) is 11.9 Å². The molecule has 3 aromatic rings. The number of benzene rings is 1. The van der Waals surface area contributed by atoms with Crippen LogP contribution in [0.15, 0.2) is 61.2 Å². The molecule has 26 heavy (non-hydrogen) atoms. The SMILES string of the molecule is Cc1cccc(Cn2cnc(NC(=O)c3ccc(/C=C/CO)nc3)c2)c1. The van der Waals surface area contributed by atoms with Gasteiger partial charge >= 0.3 is 0 Å². The molecule has 0 spiro atoms. The van der Waals surface area contributed by atoms with Crippen molar-refractivity contribution in [1.82, 2.24) is 14.5 Å². The summed E-state index contributed by atoms with van der Waals surface area (Å²) in [4.78, 5) is 20.7. The van der Waals surface area contributed by atoms with Gasteiger partial charge in [-0.25, -0.2) is 4.98 Å². The summed E-state index contributed by atoms with van der Waals surface area (Å²) in [7, 11) is 0. The van der Waals surface area contributed by atoms with Crippen molar-refractivity contribution in [3.63, 3.8) is 0 Å². The van der Waals surface area contributed by atoms with E-state index in [9.17, 15) is 4.79 Å². The molecular weight excluding hydrogens is 328 g/mol. The number of rotatable bonds is 6. The van der Waals surface area contributed by atoms with Gasteiger partial charge < -0.3 is 15.0 Å². The molecule has 6 nitrogen and oxygen atoms in total. The predicted octanol–water partition coefficient (Wildman–Crippen LogP) is 2.89. The number of pyridine rings is 1. The third kappa shape index (κ3) is 4.64. The number of hydrogen-bond acceptors (Lipinski definition) is 4. The first-order valence-electron chi connectivity index (χ1n) is 8.26. The number of nitrogens with one attached hydrogen (secondary N) is 1. The second kappa shape index (κ2) is 8.22. The molecule has 2 heterocycles. The maximum absolute atomic E-state index is 12.3. The van der Waals surface area contributed by atoms with Gasteiger partial charge in [0, 0.05) is 18.9 Å². The molecule has 0 fully saturated rings. The first-order valence-corrected chi connectivity index (χ1v) is 8.26. The van der Waals surface area contributed by atoms with Crippen LogP contribution in [0, 0.1) is 6.92 Å². The maximum atomic E-state index is 12.3. The van der Waals surface area contributed by atoms with Crippen LogP contribution < -0.4 is 5.32 Å². The minimum atomic E-state index is -0.268. The molecule has 3 rings (SSSR count). The Morgan fingerprint density at radius 1 is 1.27 bits per heavy atom. The fourth-order valence-corrected chi connectivity index (χ4v) is 2.53. The van der Waals surface area contributed by atoms with Crippen molar-refractivity contribution in [2.45, 2.75) is 13.5 Å². The van der Waals surface area contributed by atoms with Crippen molar-refractivity contribution in [1.29, 1.82) is 0 Å². The molecule has 1 amide bonds. The van der Waals surface area contributed by atoms with E-state index in [4.69, 9.17) is 5.11 Å². The largest absolute Gasteiger partial charge is 0.392 e. The van der Waals surface area contributed by atoms with E-state index in [-0.39, 0.29) is 12.5 Å². The number of carbonyl (C=O) groups excluding carboxylic acids is 1. The smallest absolute Gasteiger partial charge is 0.258 e. The van der Waals surface area contributed by atoms with E-state index < -0.39 is 0 Å². The first kappa shape index (κ1) is 17.6. The summed E-state index contributed by atoms with van der Waals surface area (Å²) in [5.74, 6) is 0.225. The molecule has 1 aromatic carbocycles. The van der Waals surface area contributed by atoms with Gasteiger partial charge in [0.15, 0.2) is 5.82 Å². The van der Waals surface area contributed by atoms with Crippen LogP contribution in [-0.4, -0.2) is 32.2 Å². The zero-order chi connectivity index (χ0) is 18.4. The van der Waals surface area contributed by atoms with Gasteiger partial charge in [0.2, 0.25) is 0 Å². The van der Waals surface area contributed by atoms with Crippen LogP contribution >= 0.6 is 0 Å². The summed E-state index contributed by atoms with van der Waals surface area (Å²) in [6, 6.07) is 11.7. The number of aliphatic hydroxyl groups is 1. The lowest BCUT2D eigenvalue weighted by Crippen LogP contribution is -2.12. The van der Waals surface area contributed by atoms with E-state index in [0.29, 0.717) is 23.6 Å². The highest BCUT2D eigenvalue weighted by Gasteiger charge is 2.08. The normalized spacial score (nSPS) is 11.0. The van der Waals surface area contributed by atoms with Gasteiger partial charge in [0.05, 0.1) is 24.2 Å². The van der Waals surface area contributed by atoms with Gasteiger partial charge in [-0.3, -0.25) is 9.78 Å². The van der Waals surface area contributed by atoms with Gasteiger partial charge in [0.1, 0.15) is 0 Å². The molecule has 132 valence electrons. The predicted molar refractivity (Wildman–Crippen MR) is 101 cm³/mol. The number of imidazole rings is 1. The Labute approximate surface area is 151 Å². The maximum Gasteiger partial charge on any atom is 0.258 e. The molecule has 0 aliphatic rings. The molecule has 0 radical (unpaired) electrons. The molecule has 0 unspecified atom stereocenters. The molecule has 0 bridgehead atoms. The van der Waals surface area contributed by atoms with E-state index in [1.165, 1.54) is 17.3 Å². The Morgan fingerprint density at radius 3 is 2.88 bits per heavy atom. The summed E-state index contributed by atoms with van der Waals surface area (Å²) in [6.45, 7) is 2.70. The number of amides is 1. The van der Waals surface area contributed by atoms with Gasteiger partial charge in [-0.15, -0.1) is 0 Å². The molecule has 0 atom stereocenters. The molecule has 2 N–H and O–H groups in total. The fraction of sp³-hybridized carbons (Fsp3) is 0.150. The number of nitrogens with zero attached hydrogens (tertiary/aromatic N) is 3. The number of anilines is 1. The van der Waals surface area contributed by atoms with Gasteiger partial charge in [-0.1, -0.05) is 35.9 Å². The van der Waals surface area contributed by atoms with E-state index in [0.717, 1.165) is 0 Å². The van der Waals surface area contributed by atoms with Gasteiger partial charge in [-0.05, 0) is 30.7 Å². The van der Waals surface area contributed by atoms with Crippen LogP contribution in [0.25, 0.3) is 6.08 Å². The quantitative estimate of drug-likeness (QED) is 0.718. The van der Waals surface area contributed by atoms with Gasteiger partial charge in [-0.2, -0.15) is 0 Å². The monoisotopic (exact) mass is 348 g/mol. The topological polar surface area (TPSA) is 80.0 Å². The zero-order valence-electron chi connectivity index (χ0n) is 14.5. The summed E-state index contributed by atoms with van der Waals surface area (Å²) >= 11 is 0. The highest BCUT2D eigenvalue weighted by Crippen LogP contribution is 2.11. The second-order valence-corrected chi connectivity index (χ2v) is 5.93. The summed E-state index contributed by atoms with van der Waals surface area (Å²) < 4.78 is 1.92. The third-order valence-electron chi connectivity index (χ3n) is 3.77. The Bertz CT molecular complexity index is 914. The molecule has 0 saturated heterocycles. The lowest BCUT2D eigenvalue weighted by atomic mass is 10.1. The third-order valence-corrected chi connectivity index (χ3v) is 3.77. The van der Waals surface area contributed by atoms with E-state index in [2.05, 4.69) is 40.4 Å². The Morgan fingerprint density at radius 2 is 2.15 bits per heavy atom. The zero-order valence-corrected chi connectivity index (χ0v) is 14.5. The minimum Gasteiger partial charge on any atom is -0.392 e. The van der Waals surface area contributed by atoms with Crippen LogP contribution in [0.1, 0.15) is 27.2 Å². The first-order chi connectivity index (χ1) is 12.6. The average molecular weight is 348 g/mol. The number of aliphatic hydroxyl groups excluding tert-OH is 1. The van der Waals surface area contributed by atoms with Crippen LogP contribution in [0.2, 0.25) is 0 Å². The van der Waals surface area contributed by atoms with Crippen molar-refractivity contribution in [3.05, 3.63) is 83.6 Å². The summed E-state index contributed by atoms with van der Waals surface area (Å²) in [5, 5.41) is 11.5. The molecule has 0 aliphatic carbocycles. The molecule has 2 aromatic heterocycles. The highest BCUT2D eigenvalue weighted by atomic mass is 16.2. The number of carbonyl (C=O) groups is 1. The van der Waals surface area contributed by atoms with Crippen molar-refractivity contribution >= 4 is 17.8 Å². The number of hydrogen-bond donors (Lipinski definition) is 2. The highest BCUT2D eigenvalue weighted by molar-refractivity contribution is 6.03. The van der Waals surface area contributed by atoms with Crippen LogP contribution in [0.3, 0.4) is 0 Å². The number of aromatic nitrogens is 3. The second-order valence-electron chi connectivity index (χ2n) is 5.93. The Hall–Kier alpha value is -3.25. The lowest BCUT2D eigenvalue weighted by molar-refractivity contribution is 0.102. The fourth-order valence-electron chi connectivity index (χ4n) is 2.53. The van der Waals surface area contributed by atoms with Crippen molar-refractivity contribution < 1.29 is 9.90 Å². The van der Waals surface area contributed by atoms with E-state index in [1.54, 1.807) is 36.8 Å². The summed E-state index contributed by atoms with van der Waals surface area (Å²) in [6.07, 6.45) is 8.26. The number of aryl methyl sites for hydroxylation is 1. The van der Waals surface area contributed by atoms with E-state index in [1.807, 2.05) is 10.6 Å².